The minimum Gasteiger partial charge on any atom is -0.467 e. The van der Waals surface area contributed by atoms with Crippen LogP contribution in [0.3, 0.4) is 0 Å². The van der Waals surface area contributed by atoms with Gasteiger partial charge in [-0.15, -0.1) is 0 Å². The van der Waals surface area contributed by atoms with Crippen LogP contribution in [0.4, 0.5) is 0 Å². The Kier molecular flexibility index (Phi) is 4.16. The Bertz CT molecular complexity index is 1020. The molecule has 6 heteroatoms. The zero-order chi connectivity index (χ0) is 21.1. The molecule has 1 aromatic heterocycles. The lowest BCUT2D eigenvalue weighted by molar-refractivity contribution is -0.148. The Balaban J connectivity index is 1.30. The molecule has 158 valence electrons. The molecule has 0 spiro atoms. The predicted molar refractivity (Wildman–Crippen MR) is 111 cm³/mol. The molecule has 1 saturated heterocycles. The van der Waals surface area contributed by atoms with Crippen molar-refractivity contribution in [3.05, 3.63) is 72.2 Å². The number of hydrogen-bond acceptors (Lipinski definition) is 4. The van der Waals surface area contributed by atoms with Gasteiger partial charge in [-0.2, -0.15) is 0 Å². The van der Waals surface area contributed by atoms with Gasteiger partial charge >= 0.3 is 0 Å². The predicted octanol–water partition coefficient (Wildman–Crippen LogP) is 2.56. The highest BCUT2D eigenvalue weighted by atomic mass is 16.3. The fourth-order valence-electron chi connectivity index (χ4n) is 6.13. The van der Waals surface area contributed by atoms with Crippen LogP contribution in [0.1, 0.15) is 17.7 Å². The quantitative estimate of drug-likeness (QED) is 0.580. The Hall–Kier alpha value is -3.15. The van der Waals surface area contributed by atoms with Gasteiger partial charge in [0, 0.05) is 6.42 Å². The summed E-state index contributed by atoms with van der Waals surface area (Å²) in [6.07, 6.45) is 7.27. The van der Waals surface area contributed by atoms with E-state index in [-0.39, 0.29) is 47.9 Å². The molecule has 31 heavy (non-hydrogen) atoms. The number of imide groups is 1. The summed E-state index contributed by atoms with van der Waals surface area (Å²) in [5.41, 5.74) is 0.917. The van der Waals surface area contributed by atoms with E-state index < -0.39 is 6.04 Å². The first kappa shape index (κ1) is 18.6. The van der Waals surface area contributed by atoms with Crippen molar-refractivity contribution >= 4 is 17.7 Å². The summed E-state index contributed by atoms with van der Waals surface area (Å²) in [4.78, 5) is 41.6. The molecule has 4 aliphatic carbocycles. The van der Waals surface area contributed by atoms with E-state index in [0.717, 1.165) is 12.0 Å². The number of likely N-dealkylation sites (tertiary alicyclic amines) is 1. The maximum Gasteiger partial charge on any atom is 0.244 e. The first-order chi connectivity index (χ1) is 15.1. The van der Waals surface area contributed by atoms with Gasteiger partial charge in [0.05, 0.1) is 24.6 Å². The van der Waals surface area contributed by atoms with E-state index in [9.17, 15) is 14.4 Å². The molecule has 7 atom stereocenters. The fraction of sp³-hybridized carbons (Fsp3) is 0.400. The highest BCUT2D eigenvalue weighted by Gasteiger charge is 2.67. The van der Waals surface area contributed by atoms with Crippen LogP contribution in [0.2, 0.25) is 0 Å². The first-order valence-electron chi connectivity index (χ1n) is 11.0. The largest absolute Gasteiger partial charge is 0.467 e. The van der Waals surface area contributed by atoms with Crippen molar-refractivity contribution in [3.63, 3.8) is 0 Å². The molecule has 1 aliphatic heterocycles. The lowest BCUT2D eigenvalue weighted by Gasteiger charge is -2.37. The minimum absolute atomic E-state index is 0.144. The van der Waals surface area contributed by atoms with Gasteiger partial charge in [0.25, 0.3) is 0 Å². The van der Waals surface area contributed by atoms with Crippen molar-refractivity contribution in [2.24, 2.45) is 35.5 Å². The molecule has 0 radical (unpaired) electrons. The number of rotatable bonds is 6. The third-order valence-corrected chi connectivity index (χ3v) is 7.60. The van der Waals surface area contributed by atoms with Crippen molar-refractivity contribution in [2.45, 2.75) is 25.4 Å². The third kappa shape index (κ3) is 2.88. The van der Waals surface area contributed by atoms with Gasteiger partial charge in [-0.25, -0.2) is 0 Å². The van der Waals surface area contributed by atoms with E-state index in [1.165, 1.54) is 4.90 Å². The number of hydrogen-bond donors (Lipinski definition) is 1. The molecule has 2 aromatic rings. The van der Waals surface area contributed by atoms with Crippen LogP contribution in [0, 0.1) is 35.5 Å². The van der Waals surface area contributed by atoms with Gasteiger partial charge in [0.15, 0.2) is 0 Å². The molecule has 3 fully saturated rings. The topological polar surface area (TPSA) is 79.6 Å². The lowest BCUT2D eigenvalue weighted by Crippen LogP contribution is -2.51. The molecule has 2 saturated carbocycles. The highest BCUT2D eigenvalue weighted by Crippen LogP contribution is 2.65. The Morgan fingerprint density at radius 1 is 1.00 bits per heavy atom. The van der Waals surface area contributed by atoms with Crippen molar-refractivity contribution < 1.29 is 18.8 Å². The van der Waals surface area contributed by atoms with Crippen LogP contribution in [0.15, 0.2) is 65.3 Å². The zero-order valence-electron chi connectivity index (χ0n) is 17.0. The standard InChI is InChI=1S/C25H24N2O4/c28-23(26-13-15-7-4-10-31-15)20(11-14-5-2-1-3-6-14)27-24(29)21-16-8-9-17(19-12-18(16)19)22(21)25(27)30/h1-10,16-22H,11-13H2,(H,26,28)/t16-,17-,18-,19-,20-,21+,22+/m0/s1. The second kappa shape index (κ2) is 6.94. The SMILES string of the molecule is O=C(NCc1ccco1)[C@H](Cc1ccccc1)N1C(=O)[C@@H]2[C@H]3C=C[C@@H]([C@@H]4C[C@@H]34)[C@H]2C1=O. The summed E-state index contributed by atoms with van der Waals surface area (Å²) in [6, 6.07) is 12.2. The molecule has 2 heterocycles. The normalized spacial score (nSPS) is 33.2. The average molecular weight is 416 g/mol. The van der Waals surface area contributed by atoms with Gasteiger partial charge in [-0.05, 0) is 47.8 Å². The van der Waals surface area contributed by atoms with E-state index in [1.807, 2.05) is 30.3 Å². The number of amides is 3. The second-order valence-corrected chi connectivity index (χ2v) is 9.20. The second-order valence-electron chi connectivity index (χ2n) is 9.20. The molecular weight excluding hydrogens is 392 g/mol. The highest BCUT2D eigenvalue weighted by molar-refractivity contribution is 6.09. The zero-order valence-corrected chi connectivity index (χ0v) is 17.0. The van der Waals surface area contributed by atoms with Crippen molar-refractivity contribution in [2.75, 3.05) is 0 Å². The molecular formula is C25H24N2O4. The van der Waals surface area contributed by atoms with Crippen LogP contribution in [0.5, 0.6) is 0 Å². The number of allylic oxidation sites excluding steroid dienone is 2. The summed E-state index contributed by atoms with van der Waals surface area (Å²) in [6.45, 7) is 0.219. The van der Waals surface area contributed by atoms with Crippen LogP contribution < -0.4 is 5.32 Å². The van der Waals surface area contributed by atoms with Gasteiger partial charge in [-0.1, -0.05) is 42.5 Å². The summed E-state index contributed by atoms with van der Waals surface area (Å²) >= 11 is 0. The van der Waals surface area contributed by atoms with E-state index in [0.29, 0.717) is 24.0 Å². The maximum atomic E-state index is 13.5. The molecule has 7 rings (SSSR count). The first-order valence-corrected chi connectivity index (χ1v) is 11.0. The van der Waals surface area contributed by atoms with Crippen molar-refractivity contribution in [1.29, 1.82) is 0 Å². The molecule has 2 bridgehead atoms. The van der Waals surface area contributed by atoms with E-state index in [2.05, 4.69) is 17.5 Å². The number of nitrogens with one attached hydrogen (secondary N) is 1. The molecule has 6 nitrogen and oxygen atoms in total. The lowest BCUT2D eigenvalue weighted by atomic mass is 9.63. The van der Waals surface area contributed by atoms with Crippen molar-refractivity contribution in [1.82, 2.24) is 10.2 Å². The number of nitrogens with zero attached hydrogens (tertiary/aromatic N) is 1. The smallest absolute Gasteiger partial charge is 0.244 e. The molecule has 0 unspecified atom stereocenters. The van der Waals surface area contributed by atoms with Gasteiger partial charge < -0.3 is 9.73 Å². The number of benzene rings is 1. The fourth-order valence-corrected chi connectivity index (χ4v) is 6.13. The Morgan fingerprint density at radius 3 is 2.29 bits per heavy atom. The third-order valence-electron chi connectivity index (χ3n) is 7.60. The van der Waals surface area contributed by atoms with Crippen molar-refractivity contribution in [3.8, 4) is 0 Å². The average Bonchev–Trinajstić information content (AvgIpc) is 3.38. The van der Waals surface area contributed by atoms with Crippen LogP contribution in [0.25, 0.3) is 0 Å². The summed E-state index contributed by atoms with van der Waals surface area (Å²) in [5, 5.41) is 2.87. The number of carbonyl (C=O) groups excluding carboxylic acids is 3. The van der Waals surface area contributed by atoms with E-state index in [4.69, 9.17) is 4.42 Å². The van der Waals surface area contributed by atoms with Gasteiger partial charge in [0.1, 0.15) is 11.8 Å². The maximum absolute atomic E-state index is 13.5. The Morgan fingerprint density at radius 2 is 1.68 bits per heavy atom. The Labute approximate surface area is 180 Å². The molecule has 1 aromatic carbocycles. The molecule has 1 N–H and O–H groups in total. The van der Waals surface area contributed by atoms with Crippen LogP contribution in [-0.4, -0.2) is 28.7 Å². The van der Waals surface area contributed by atoms with Gasteiger partial charge in [0.2, 0.25) is 17.7 Å². The molecule has 5 aliphatic rings. The van der Waals surface area contributed by atoms with E-state index >= 15 is 0 Å². The number of furan rings is 1. The van der Waals surface area contributed by atoms with Crippen LogP contribution in [-0.2, 0) is 27.3 Å². The molecule has 3 amide bonds. The number of carbonyl (C=O) groups is 3. The minimum atomic E-state index is -0.862. The summed E-state index contributed by atoms with van der Waals surface area (Å²) < 4.78 is 5.31. The summed E-state index contributed by atoms with van der Waals surface area (Å²) in [5.74, 6) is 0.705. The van der Waals surface area contributed by atoms with E-state index in [1.54, 1.807) is 18.4 Å². The van der Waals surface area contributed by atoms with Gasteiger partial charge in [-0.3, -0.25) is 19.3 Å². The summed E-state index contributed by atoms with van der Waals surface area (Å²) in [7, 11) is 0. The van der Waals surface area contributed by atoms with Crippen LogP contribution >= 0.6 is 0 Å². The monoisotopic (exact) mass is 416 g/mol.